The number of piperidine rings is 1. The van der Waals surface area contributed by atoms with Gasteiger partial charge in [-0.2, -0.15) is 13.2 Å². The summed E-state index contributed by atoms with van der Waals surface area (Å²) in [5, 5.41) is 9.42. The molecule has 1 aliphatic heterocycles. The van der Waals surface area contributed by atoms with E-state index in [2.05, 4.69) is 14.6 Å². The van der Waals surface area contributed by atoms with Gasteiger partial charge in [0, 0.05) is 35.9 Å². The van der Waals surface area contributed by atoms with E-state index in [1.807, 2.05) is 12.1 Å². The molecule has 0 radical (unpaired) electrons. The molecule has 1 unspecified atom stereocenters. The van der Waals surface area contributed by atoms with Crippen molar-refractivity contribution >= 4 is 17.6 Å². The lowest BCUT2D eigenvalue weighted by atomic mass is 9.99. The highest BCUT2D eigenvalue weighted by Crippen LogP contribution is 2.46. The second-order valence-corrected chi connectivity index (χ2v) is 8.71. The maximum atomic E-state index is 12.8. The van der Waals surface area contributed by atoms with E-state index in [0.717, 1.165) is 24.3 Å². The third-order valence-corrected chi connectivity index (χ3v) is 6.77. The van der Waals surface area contributed by atoms with Gasteiger partial charge in [-0.25, -0.2) is 9.59 Å². The summed E-state index contributed by atoms with van der Waals surface area (Å²) in [5.74, 6) is -4.24. The van der Waals surface area contributed by atoms with Gasteiger partial charge in [0.25, 0.3) is 5.56 Å². The van der Waals surface area contributed by atoms with Crippen molar-refractivity contribution in [2.45, 2.75) is 31.5 Å². The molecule has 2 fully saturated rings. The van der Waals surface area contributed by atoms with Crippen LogP contribution in [0.15, 0.2) is 23.0 Å². The summed E-state index contributed by atoms with van der Waals surface area (Å²) in [6, 6.07) is 5.84. The molecule has 2 heterocycles. The topological polar surface area (TPSA) is 126 Å². The average molecular weight is 463 g/mol. The van der Waals surface area contributed by atoms with Crippen LogP contribution >= 0.6 is 0 Å². The second kappa shape index (κ2) is 7.34. The van der Waals surface area contributed by atoms with Crippen LogP contribution in [0.5, 0.6) is 5.75 Å². The number of aromatic amines is 1. The molecule has 1 saturated carbocycles. The number of benzene rings is 1. The van der Waals surface area contributed by atoms with Crippen molar-refractivity contribution in [1.82, 2.24) is 4.98 Å². The number of fused-ring (bicyclic) bond motifs is 4. The number of anilines is 1. The van der Waals surface area contributed by atoms with E-state index in [1.165, 1.54) is 0 Å². The minimum absolute atomic E-state index is 0.0597. The zero-order valence-corrected chi connectivity index (χ0v) is 17.2. The predicted octanol–water partition coefficient (Wildman–Crippen LogP) is 2.09. The van der Waals surface area contributed by atoms with Crippen molar-refractivity contribution in [1.29, 1.82) is 0 Å². The number of H-pyrrole nitrogens is 1. The minimum atomic E-state index is -5.35. The van der Waals surface area contributed by atoms with Gasteiger partial charge in [0.1, 0.15) is 0 Å². The number of aryl methyl sites for hydroxylation is 1. The van der Waals surface area contributed by atoms with E-state index < -0.39 is 35.0 Å². The lowest BCUT2D eigenvalue weighted by Crippen LogP contribution is -2.31. The number of rotatable bonds is 3. The molecule has 2 aromatic rings. The number of carbonyl (C=O) groups excluding carboxylic acids is 1. The number of carbonyl (C=O) groups is 2. The number of ether oxygens (including phenoxy) is 1. The fraction of sp³-hybridized carbons (Fsp3) is 0.409. The molecule has 0 amide bonds. The normalized spacial score (nSPS) is 23.3. The van der Waals surface area contributed by atoms with Gasteiger partial charge in [-0.1, -0.05) is 6.07 Å². The van der Waals surface area contributed by atoms with E-state index in [9.17, 15) is 32.7 Å². The Balaban J connectivity index is 1.59. The zero-order chi connectivity index (χ0) is 23.7. The Kier molecular flexibility index (Phi) is 4.78. The first-order valence-electron chi connectivity index (χ1n) is 10.5. The van der Waals surface area contributed by atoms with Crippen LogP contribution in [0.25, 0.3) is 11.3 Å². The summed E-state index contributed by atoms with van der Waals surface area (Å²) in [7, 11) is 0. The fourth-order valence-electron chi connectivity index (χ4n) is 5.01. The molecular weight excluding hydrogens is 443 g/mol. The monoisotopic (exact) mass is 463 g/mol. The SMILES string of the molecule is NC1[C@H]2CN(c3ccc4c(c3)CCCc3c-4[nH]c(=O)c(C(=O)O)c3OC(=O)C(F)(F)F)C[C@@H]12. The van der Waals surface area contributed by atoms with Crippen molar-refractivity contribution < 1.29 is 32.6 Å². The number of hydrogen-bond acceptors (Lipinski definition) is 6. The first kappa shape index (κ1) is 21.5. The third-order valence-electron chi connectivity index (χ3n) is 6.77. The first-order chi connectivity index (χ1) is 15.6. The summed E-state index contributed by atoms with van der Waals surface area (Å²) >= 11 is 0. The summed E-state index contributed by atoms with van der Waals surface area (Å²) in [4.78, 5) is 40.4. The Morgan fingerprint density at radius 3 is 2.52 bits per heavy atom. The van der Waals surface area contributed by atoms with E-state index >= 15 is 0 Å². The Hall–Kier alpha value is -3.34. The number of hydrogen-bond donors (Lipinski definition) is 3. The molecule has 3 atom stereocenters. The van der Waals surface area contributed by atoms with Crippen molar-refractivity contribution in [3.8, 4) is 17.0 Å². The lowest BCUT2D eigenvalue weighted by molar-refractivity contribution is -0.189. The van der Waals surface area contributed by atoms with Crippen LogP contribution in [0.3, 0.4) is 0 Å². The van der Waals surface area contributed by atoms with Gasteiger partial charge in [0.15, 0.2) is 11.3 Å². The van der Waals surface area contributed by atoms with E-state index in [4.69, 9.17) is 5.73 Å². The molecule has 1 aromatic heterocycles. The highest BCUT2D eigenvalue weighted by Gasteiger charge is 2.53. The number of carboxylic acids is 1. The smallest absolute Gasteiger partial charge is 0.477 e. The average Bonchev–Trinajstić information content (AvgIpc) is 3.16. The van der Waals surface area contributed by atoms with Crippen molar-refractivity contribution in [2.75, 3.05) is 18.0 Å². The first-order valence-corrected chi connectivity index (χ1v) is 10.5. The molecule has 8 nitrogen and oxygen atoms in total. The highest BCUT2D eigenvalue weighted by atomic mass is 19.4. The Morgan fingerprint density at radius 1 is 1.18 bits per heavy atom. The van der Waals surface area contributed by atoms with Crippen molar-refractivity contribution in [2.24, 2.45) is 17.6 Å². The van der Waals surface area contributed by atoms with Gasteiger partial charge in [-0.05, 0) is 48.8 Å². The Morgan fingerprint density at radius 2 is 1.88 bits per heavy atom. The van der Waals surface area contributed by atoms with Crippen LogP contribution in [0, 0.1) is 11.8 Å². The highest BCUT2D eigenvalue weighted by molar-refractivity contribution is 5.94. The third kappa shape index (κ3) is 3.56. The Bertz CT molecular complexity index is 1230. The number of aromatic carboxylic acids is 1. The van der Waals surface area contributed by atoms with Crippen LogP contribution in [-0.4, -0.2) is 47.3 Å². The number of nitrogens with two attached hydrogens (primary N) is 1. The quantitative estimate of drug-likeness (QED) is 0.595. The number of alkyl halides is 3. The number of carboxylic acid groups (broad SMARTS) is 1. The van der Waals surface area contributed by atoms with Gasteiger partial charge in [0.2, 0.25) is 0 Å². The van der Waals surface area contributed by atoms with Gasteiger partial charge < -0.3 is 25.5 Å². The molecule has 174 valence electrons. The van der Waals surface area contributed by atoms with Crippen molar-refractivity contribution in [3.63, 3.8) is 0 Å². The molecule has 1 saturated heterocycles. The van der Waals surface area contributed by atoms with Gasteiger partial charge in [-0.3, -0.25) is 4.79 Å². The van der Waals surface area contributed by atoms with Crippen molar-refractivity contribution in [3.05, 3.63) is 45.2 Å². The molecule has 0 bridgehead atoms. The van der Waals surface area contributed by atoms with Crippen LogP contribution in [0.4, 0.5) is 18.9 Å². The van der Waals surface area contributed by atoms with E-state index in [-0.39, 0.29) is 23.7 Å². The molecule has 0 spiro atoms. The number of esters is 1. The van der Waals surface area contributed by atoms with Crippen LogP contribution < -0.4 is 20.9 Å². The summed E-state index contributed by atoms with van der Waals surface area (Å²) in [6.45, 7) is 1.72. The molecule has 2 aliphatic carbocycles. The van der Waals surface area contributed by atoms with Crippen LogP contribution in [-0.2, 0) is 17.6 Å². The molecule has 1 aromatic carbocycles. The molecule has 3 aliphatic rings. The Labute approximate surface area is 185 Å². The molecule has 33 heavy (non-hydrogen) atoms. The number of nitrogens with zero attached hydrogens (tertiary/aromatic N) is 1. The van der Waals surface area contributed by atoms with E-state index in [0.29, 0.717) is 30.2 Å². The fourth-order valence-corrected chi connectivity index (χ4v) is 5.01. The predicted molar refractivity (Wildman–Crippen MR) is 110 cm³/mol. The largest absolute Gasteiger partial charge is 0.491 e. The maximum Gasteiger partial charge on any atom is 0.491 e. The maximum absolute atomic E-state index is 12.8. The second-order valence-electron chi connectivity index (χ2n) is 8.71. The number of halogens is 3. The summed E-state index contributed by atoms with van der Waals surface area (Å²) in [6.07, 6.45) is -4.21. The molecule has 4 N–H and O–H groups in total. The standard InChI is InChI=1S/C22H20F3N3O5/c23-22(24,25)21(32)33-18-12-3-1-2-9-6-10(28-7-13-14(8-28)16(13)26)4-5-11(9)17(12)27-19(29)15(18)20(30)31/h4-6,13-14,16H,1-3,7-8,26H2,(H,27,29)(H,30,31)/t13-,14+,16?. The lowest BCUT2D eigenvalue weighted by Gasteiger charge is -2.23. The van der Waals surface area contributed by atoms with Gasteiger partial charge >= 0.3 is 18.1 Å². The number of pyridine rings is 1. The summed E-state index contributed by atoms with van der Waals surface area (Å²) < 4.78 is 43.0. The molecule has 5 rings (SSSR count). The number of nitrogens with one attached hydrogen (secondary N) is 1. The van der Waals surface area contributed by atoms with Crippen LogP contribution in [0.2, 0.25) is 0 Å². The summed E-state index contributed by atoms with van der Waals surface area (Å²) in [5.41, 5.74) is 6.48. The minimum Gasteiger partial charge on any atom is -0.477 e. The zero-order valence-electron chi connectivity index (χ0n) is 17.2. The van der Waals surface area contributed by atoms with E-state index in [1.54, 1.807) is 6.07 Å². The number of aromatic nitrogens is 1. The molecular formula is C22H20F3N3O5. The van der Waals surface area contributed by atoms with Gasteiger partial charge in [-0.15, -0.1) is 0 Å². The van der Waals surface area contributed by atoms with Gasteiger partial charge in [0.05, 0.1) is 5.69 Å². The van der Waals surface area contributed by atoms with Crippen LogP contribution in [0.1, 0.15) is 27.9 Å². The molecule has 11 heteroatoms.